The summed E-state index contributed by atoms with van der Waals surface area (Å²) in [5.74, 6) is 0.477. The van der Waals surface area contributed by atoms with Gasteiger partial charge in [-0.3, -0.25) is 4.68 Å². The Morgan fingerprint density at radius 1 is 1.26 bits per heavy atom. The first kappa shape index (κ1) is 18.0. The minimum absolute atomic E-state index is 0.250. The Kier molecular flexibility index (Phi) is 6.63. The molecule has 0 saturated heterocycles. The van der Waals surface area contributed by atoms with E-state index in [-0.39, 0.29) is 6.61 Å². The van der Waals surface area contributed by atoms with E-state index < -0.39 is 0 Å². The first-order chi connectivity index (χ1) is 11.0. The van der Waals surface area contributed by atoms with Gasteiger partial charge in [-0.15, -0.1) is 0 Å². The maximum Gasteiger partial charge on any atom is 0.0662 e. The zero-order valence-corrected chi connectivity index (χ0v) is 14.9. The van der Waals surface area contributed by atoms with E-state index in [1.807, 2.05) is 28.9 Å². The number of halogens is 1. The number of aromatic nitrogens is 2. The molecule has 1 unspecified atom stereocenters. The minimum Gasteiger partial charge on any atom is -0.396 e. The maximum atomic E-state index is 8.95. The van der Waals surface area contributed by atoms with E-state index in [9.17, 15) is 0 Å². The lowest BCUT2D eigenvalue weighted by Crippen LogP contribution is -2.22. The second-order valence-electron chi connectivity index (χ2n) is 6.18. The zero-order chi connectivity index (χ0) is 16.8. The third-order valence-electron chi connectivity index (χ3n) is 4.19. The predicted molar refractivity (Wildman–Crippen MR) is 94.8 cm³/mol. The quantitative estimate of drug-likeness (QED) is 0.778. The topological polar surface area (TPSA) is 50.1 Å². The van der Waals surface area contributed by atoms with Crippen molar-refractivity contribution >= 4 is 11.6 Å². The Bertz CT molecular complexity index is 622. The van der Waals surface area contributed by atoms with E-state index in [1.165, 1.54) is 16.8 Å². The van der Waals surface area contributed by atoms with Crippen molar-refractivity contribution in [1.29, 1.82) is 0 Å². The lowest BCUT2D eigenvalue weighted by Gasteiger charge is -2.11. The van der Waals surface area contributed by atoms with Gasteiger partial charge in [0.1, 0.15) is 0 Å². The summed E-state index contributed by atoms with van der Waals surface area (Å²) >= 11 is 5.93. The van der Waals surface area contributed by atoms with Crippen molar-refractivity contribution in [2.45, 2.75) is 40.3 Å². The molecule has 4 nitrogen and oxygen atoms in total. The van der Waals surface area contributed by atoms with Crippen LogP contribution in [-0.4, -0.2) is 28.0 Å². The molecule has 2 N–H and O–H groups in total. The average molecular weight is 336 g/mol. The summed E-state index contributed by atoms with van der Waals surface area (Å²) < 4.78 is 2.05. The van der Waals surface area contributed by atoms with Gasteiger partial charge in [-0.1, -0.05) is 30.7 Å². The highest BCUT2D eigenvalue weighted by Gasteiger charge is 2.12. The van der Waals surface area contributed by atoms with Gasteiger partial charge in [0.25, 0.3) is 0 Å². The number of aliphatic hydroxyl groups is 1. The van der Waals surface area contributed by atoms with Gasteiger partial charge in [0.2, 0.25) is 0 Å². The third-order valence-corrected chi connectivity index (χ3v) is 4.45. The summed E-state index contributed by atoms with van der Waals surface area (Å²) in [5.41, 5.74) is 4.71. The van der Waals surface area contributed by atoms with Crippen LogP contribution in [0.25, 0.3) is 0 Å². The second-order valence-corrected chi connectivity index (χ2v) is 6.62. The van der Waals surface area contributed by atoms with E-state index in [0.29, 0.717) is 5.92 Å². The molecule has 1 aromatic carbocycles. The van der Waals surface area contributed by atoms with Crippen LogP contribution in [0, 0.1) is 19.8 Å². The molecule has 2 aromatic rings. The van der Waals surface area contributed by atoms with Crippen molar-refractivity contribution in [3.8, 4) is 0 Å². The van der Waals surface area contributed by atoms with Crippen LogP contribution in [0.3, 0.4) is 0 Å². The number of nitrogens with zero attached hydrogens (tertiary/aromatic N) is 2. The van der Waals surface area contributed by atoms with E-state index in [2.05, 4.69) is 31.2 Å². The largest absolute Gasteiger partial charge is 0.396 e. The molecule has 0 amide bonds. The number of aryl methyl sites for hydroxylation is 1. The fourth-order valence-corrected chi connectivity index (χ4v) is 2.80. The molecule has 0 spiro atoms. The Balaban J connectivity index is 1.99. The summed E-state index contributed by atoms with van der Waals surface area (Å²) in [7, 11) is 0. The van der Waals surface area contributed by atoms with Crippen molar-refractivity contribution in [1.82, 2.24) is 15.1 Å². The van der Waals surface area contributed by atoms with Gasteiger partial charge < -0.3 is 10.4 Å². The van der Waals surface area contributed by atoms with E-state index in [4.69, 9.17) is 16.7 Å². The molecule has 0 aliphatic heterocycles. The van der Waals surface area contributed by atoms with Crippen LogP contribution in [0.2, 0.25) is 5.02 Å². The number of aliphatic hydroxyl groups excluding tert-OH is 1. The zero-order valence-electron chi connectivity index (χ0n) is 14.1. The van der Waals surface area contributed by atoms with Gasteiger partial charge in [-0.05, 0) is 50.4 Å². The number of nitrogens with one attached hydrogen (secondary N) is 1. The summed E-state index contributed by atoms with van der Waals surface area (Å²) in [6, 6.07) is 7.89. The highest BCUT2D eigenvalue weighted by Crippen LogP contribution is 2.16. The molecule has 0 aliphatic carbocycles. The summed E-state index contributed by atoms with van der Waals surface area (Å²) in [6.07, 6.45) is 0.834. The highest BCUT2D eigenvalue weighted by molar-refractivity contribution is 6.30. The van der Waals surface area contributed by atoms with Crippen molar-refractivity contribution in [3.63, 3.8) is 0 Å². The number of hydrogen-bond acceptors (Lipinski definition) is 3. The van der Waals surface area contributed by atoms with Crippen LogP contribution >= 0.6 is 11.6 Å². The maximum absolute atomic E-state index is 8.95. The Hall–Kier alpha value is -1.36. The summed E-state index contributed by atoms with van der Waals surface area (Å²) in [6.45, 7) is 9.04. The van der Waals surface area contributed by atoms with E-state index in [0.717, 1.165) is 36.8 Å². The van der Waals surface area contributed by atoms with E-state index in [1.54, 1.807) is 0 Å². The van der Waals surface area contributed by atoms with Crippen LogP contribution in [0.15, 0.2) is 24.3 Å². The standard InChI is InChI=1S/C18H26ClN3O/c1-13(8-9-23)10-20-11-18-14(2)21-22(15(18)3)12-16-4-6-17(19)7-5-16/h4-7,13,20,23H,8-12H2,1-3H3. The first-order valence-electron chi connectivity index (χ1n) is 8.10. The lowest BCUT2D eigenvalue weighted by molar-refractivity contribution is 0.260. The molecule has 0 radical (unpaired) electrons. The van der Waals surface area contributed by atoms with Crippen LogP contribution < -0.4 is 5.32 Å². The van der Waals surface area contributed by atoms with Crippen LogP contribution in [-0.2, 0) is 13.1 Å². The molecule has 23 heavy (non-hydrogen) atoms. The molecule has 0 fully saturated rings. The van der Waals surface area contributed by atoms with Crippen LogP contribution in [0.4, 0.5) is 0 Å². The molecule has 5 heteroatoms. The van der Waals surface area contributed by atoms with Crippen LogP contribution in [0.1, 0.15) is 35.9 Å². The molecule has 2 rings (SSSR count). The highest BCUT2D eigenvalue weighted by atomic mass is 35.5. The Morgan fingerprint density at radius 3 is 2.61 bits per heavy atom. The molecule has 0 aliphatic rings. The van der Waals surface area contributed by atoms with E-state index >= 15 is 0 Å². The molecule has 0 bridgehead atoms. The second kappa shape index (κ2) is 8.48. The van der Waals surface area contributed by atoms with Crippen molar-refractivity contribution in [2.75, 3.05) is 13.2 Å². The summed E-state index contributed by atoms with van der Waals surface area (Å²) in [5, 5.41) is 17.8. The number of hydrogen-bond donors (Lipinski definition) is 2. The van der Waals surface area contributed by atoms with Crippen molar-refractivity contribution in [2.24, 2.45) is 5.92 Å². The van der Waals surface area contributed by atoms with Gasteiger partial charge in [0.15, 0.2) is 0 Å². The predicted octanol–water partition coefficient (Wildman–Crippen LogP) is 3.31. The van der Waals surface area contributed by atoms with Crippen molar-refractivity contribution < 1.29 is 5.11 Å². The number of rotatable bonds is 8. The summed E-state index contributed by atoms with van der Waals surface area (Å²) in [4.78, 5) is 0. The van der Waals surface area contributed by atoms with Gasteiger partial charge in [0, 0.05) is 29.4 Å². The average Bonchev–Trinajstić information content (AvgIpc) is 2.77. The number of benzene rings is 1. The van der Waals surface area contributed by atoms with Gasteiger partial charge in [0.05, 0.1) is 12.2 Å². The fraction of sp³-hybridized carbons (Fsp3) is 0.500. The Morgan fingerprint density at radius 2 is 1.96 bits per heavy atom. The molecule has 126 valence electrons. The molecule has 0 saturated carbocycles. The minimum atomic E-state index is 0.250. The molecule has 1 atom stereocenters. The van der Waals surface area contributed by atoms with Gasteiger partial charge in [-0.2, -0.15) is 5.10 Å². The molecular weight excluding hydrogens is 310 g/mol. The normalized spacial score (nSPS) is 12.6. The van der Waals surface area contributed by atoms with Crippen LogP contribution in [0.5, 0.6) is 0 Å². The van der Waals surface area contributed by atoms with Gasteiger partial charge >= 0.3 is 0 Å². The molecule has 1 heterocycles. The first-order valence-corrected chi connectivity index (χ1v) is 8.48. The van der Waals surface area contributed by atoms with Crippen molar-refractivity contribution in [3.05, 3.63) is 51.8 Å². The lowest BCUT2D eigenvalue weighted by atomic mass is 10.1. The monoisotopic (exact) mass is 335 g/mol. The fourth-order valence-electron chi connectivity index (χ4n) is 2.67. The smallest absolute Gasteiger partial charge is 0.0662 e. The SMILES string of the molecule is Cc1nn(Cc2ccc(Cl)cc2)c(C)c1CNCC(C)CCO. The third kappa shape index (κ3) is 5.06. The van der Waals surface area contributed by atoms with Gasteiger partial charge in [-0.25, -0.2) is 0 Å². The Labute approximate surface area is 143 Å². The molecule has 1 aromatic heterocycles. The molecular formula is C18H26ClN3O.